The number of aromatic nitrogens is 2. The van der Waals surface area contributed by atoms with E-state index in [2.05, 4.69) is 15.9 Å². The number of ether oxygens (including phenoxy) is 2. The molecular formula is C24H19BrF2N2O2S. The molecule has 2 aromatic heterocycles. The van der Waals surface area contributed by atoms with Gasteiger partial charge in [-0.1, -0.05) is 24.3 Å². The molecule has 2 aromatic carbocycles. The Morgan fingerprint density at radius 3 is 2.78 bits per heavy atom. The molecule has 0 N–H and O–H groups in total. The Kier molecular flexibility index (Phi) is 5.82. The van der Waals surface area contributed by atoms with Crippen molar-refractivity contribution in [2.75, 3.05) is 6.26 Å². The van der Waals surface area contributed by atoms with E-state index >= 15 is 0 Å². The molecule has 0 aliphatic heterocycles. The SMILES string of the molecule is CSc1cccc(O[C@@H]2C[C@H](c3ccccc3OC(F)F)c3c2nc2ccc(Br)cn32)c1. The minimum Gasteiger partial charge on any atom is -0.484 e. The number of para-hydroxylation sites is 1. The zero-order valence-electron chi connectivity index (χ0n) is 17.0. The van der Waals surface area contributed by atoms with Crippen molar-refractivity contribution in [1.82, 2.24) is 9.38 Å². The zero-order chi connectivity index (χ0) is 22.2. The van der Waals surface area contributed by atoms with Crippen molar-refractivity contribution in [3.63, 3.8) is 0 Å². The Morgan fingerprint density at radius 2 is 1.97 bits per heavy atom. The highest BCUT2D eigenvalue weighted by Gasteiger charge is 2.39. The van der Waals surface area contributed by atoms with Gasteiger partial charge in [-0.15, -0.1) is 11.8 Å². The predicted octanol–water partition coefficient (Wildman–Crippen LogP) is 7.08. The smallest absolute Gasteiger partial charge is 0.387 e. The molecule has 0 saturated heterocycles. The topological polar surface area (TPSA) is 35.8 Å². The number of rotatable bonds is 6. The van der Waals surface area contributed by atoms with Gasteiger partial charge in [-0.25, -0.2) is 4.98 Å². The highest BCUT2D eigenvalue weighted by atomic mass is 79.9. The summed E-state index contributed by atoms with van der Waals surface area (Å²) in [5.41, 5.74) is 3.22. The van der Waals surface area contributed by atoms with Crippen molar-refractivity contribution in [3.8, 4) is 11.5 Å². The van der Waals surface area contributed by atoms with Gasteiger partial charge < -0.3 is 13.9 Å². The maximum Gasteiger partial charge on any atom is 0.387 e. The number of thioether (sulfide) groups is 1. The Morgan fingerprint density at radius 1 is 1.12 bits per heavy atom. The minimum atomic E-state index is -2.89. The second-order valence-corrected chi connectivity index (χ2v) is 9.24. The van der Waals surface area contributed by atoms with Gasteiger partial charge in [0.1, 0.15) is 28.9 Å². The number of alkyl halides is 2. The summed E-state index contributed by atoms with van der Waals surface area (Å²) in [6.45, 7) is -2.89. The molecule has 0 unspecified atom stereocenters. The van der Waals surface area contributed by atoms with Crippen LogP contribution in [0.3, 0.4) is 0 Å². The van der Waals surface area contributed by atoms with E-state index in [1.165, 1.54) is 0 Å². The summed E-state index contributed by atoms with van der Waals surface area (Å²) < 4.78 is 40.3. The number of nitrogens with zero attached hydrogens (tertiary/aromatic N) is 2. The number of hydrogen-bond donors (Lipinski definition) is 0. The fraction of sp³-hybridized carbons (Fsp3) is 0.208. The van der Waals surface area contributed by atoms with Crippen molar-refractivity contribution < 1.29 is 18.3 Å². The lowest BCUT2D eigenvalue weighted by Crippen LogP contribution is -2.09. The molecule has 0 amide bonds. The van der Waals surface area contributed by atoms with Gasteiger partial charge in [0.25, 0.3) is 0 Å². The van der Waals surface area contributed by atoms with Crippen LogP contribution in [-0.2, 0) is 0 Å². The van der Waals surface area contributed by atoms with Gasteiger partial charge in [-0.05, 0) is 58.6 Å². The van der Waals surface area contributed by atoms with E-state index in [4.69, 9.17) is 14.5 Å². The monoisotopic (exact) mass is 516 g/mol. The first kappa shape index (κ1) is 21.3. The van der Waals surface area contributed by atoms with Crippen molar-refractivity contribution in [1.29, 1.82) is 0 Å². The first-order valence-electron chi connectivity index (χ1n) is 10.1. The van der Waals surface area contributed by atoms with Crippen LogP contribution < -0.4 is 9.47 Å². The van der Waals surface area contributed by atoms with Crippen LogP contribution in [0.5, 0.6) is 11.5 Å². The number of fused-ring (bicyclic) bond motifs is 3. The quantitative estimate of drug-likeness (QED) is 0.256. The van der Waals surface area contributed by atoms with E-state index in [-0.39, 0.29) is 17.8 Å². The molecule has 4 nitrogen and oxygen atoms in total. The molecule has 4 aromatic rings. The molecule has 0 spiro atoms. The van der Waals surface area contributed by atoms with E-state index < -0.39 is 6.61 Å². The number of hydrogen-bond acceptors (Lipinski definition) is 4. The molecule has 0 radical (unpaired) electrons. The fourth-order valence-electron chi connectivity index (χ4n) is 4.26. The Balaban J connectivity index is 1.61. The van der Waals surface area contributed by atoms with Crippen LogP contribution in [0.1, 0.15) is 35.4 Å². The lowest BCUT2D eigenvalue weighted by molar-refractivity contribution is -0.0505. The van der Waals surface area contributed by atoms with E-state index in [0.29, 0.717) is 12.0 Å². The van der Waals surface area contributed by atoms with Gasteiger partial charge in [0.05, 0.1) is 5.69 Å². The molecule has 0 fully saturated rings. The number of imidazole rings is 1. The second kappa shape index (κ2) is 8.75. The average Bonchev–Trinajstić information content (AvgIpc) is 3.31. The molecule has 0 bridgehead atoms. The number of pyridine rings is 1. The first-order valence-corrected chi connectivity index (χ1v) is 12.1. The first-order chi connectivity index (χ1) is 15.5. The van der Waals surface area contributed by atoms with Gasteiger partial charge >= 0.3 is 6.61 Å². The summed E-state index contributed by atoms with van der Waals surface area (Å²) in [5, 5.41) is 0. The number of benzene rings is 2. The van der Waals surface area contributed by atoms with Gasteiger partial charge in [-0.2, -0.15) is 8.78 Å². The summed E-state index contributed by atoms with van der Waals surface area (Å²) >= 11 is 5.17. The van der Waals surface area contributed by atoms with Crippen LogP contribution in [0.2, 0.25) is 0 Å². The number of halogens is 3. The van der Waals surface area contributed by atoms with Crippen LogP contribution in [0.25, 0.3) is 5.65 Å². The van der Waals surface area contributed by atoms with Gasteiger partial charge in [0.15, 0.2) is 0 Å². The summed E-state index contributed by atoms with van der Waals surface area (Å²) in [5.74, 6) is 0.718. The van der Waals surface area contributed by atoms with Gasteiger partial charge in [0, 0.05) is 33.5 Å². The van der Waals surface area contributed by atoms with E-state index in [9.17, 15) is 8.78 Å². The van der Waals surface area contributed by atoms with Crippen LogP contribution in [0.4, 0.5) is 8.78 Å². The van der Waals surface area contributed by atoms with Crippen molar-refractivity contribution >= 4 is 33.3 Å². The minimum absolute atomic E-state index is 0.174. The second-order valence-electron chi connectivity index (χ2n) is 7.45. The van der Waals surface area contributed by atoms with Crippen molar-refractivity contribution in [3.05, 3.63) is 88.3 Å². The van der Waals surface area contributed by atoms with Crippen LogP contribution in [-0.4, -0.2) is 22.3 Å². The van der Waals surface area contributed by atoms with E-state index in [1.54, 1.807) is 23.9 Å². The Hall–Kier alpha value is -2.58. The Bertz CT molecular complexity index is 1280. The highest BCUT2D eigenvalue weighted by molar-refractivity contribution is 9.10. The van der Waals surface area contributed by atoms with Crippen LogP contribution in [0, 0.1) is 0 Å². The summed E-state index contributed by atoms with van der Waals surface area (Å²) in [6, 6.07) is 18.7. The zero-order valence-corrected chi connectivity index (χ0v) is 19.4. The van der Waals surface area contributed by atoms with Crippen molar-refractivity contribution in [2.24, 2.45) is 0 Å². The fourth-order valence-corrected chi connectivity index (χ4v) is 5.05. The maximum absolute atomic E-state index is 13.1. The molecule has 164 valence electrons. The third-order valence-electron chi connectivity index (χ3n) is 5.56. The summed E-state index contributed by atoms with van der Waals surface area (Å²) in [7, 11) is 0. The van der Waals surface area contributed by atoms with E-state index in [0.717, 1.165) is 32.2 Å². The molecule has 1 aliphatic rings. The summed E-state index contributed by atoms with van der Waals surface area (Å²) in [4.78, 5) is 5.95. The molecule has 8 heteroatoms. The summed E-state index contributed by atoms with van der Waals surface area (Å²) in [6.07, 6.45) is 4.22. The van der Waals surface area contributed by atoms with Gasteiger partial charge in [-0.3, -0.25) is 0 Å². The maximum atomic E-state index is 13.1. The van der Waals surface area contributed by atoms with Crippen molar-refractivity contribution in [2.45, 2.75) is 29.9 Å². The van der Waals surface area contributed by atoms with Crippen LogP contribution in [0.15, 0.2) is 76.2 Å². The molecule has 1 aliphatic carbocycles. The molecule has 5 rings (SSSR count). The molecule has 0 saturated carbocycles. The van der Waals surface area contributed by atoms with E-state index in [1.807, 2.05) is 65.4 Å². The molecular weight excluding hydrogens is 498 g/mol. The predicted molar refractivity (Wildman–Crippen MR) is 124 cm³/mol. The average molecular weight is 517 g/mol. The molecule has 2 atom stereocenters. The normalized spacial score (nSPS) is 17.7. The molecule has 32 heavy (non-hydrogen) atoms. The Labute approximate surface area is 196 Å². The molecule has 2 heterocycles. The third kappa shape index (κ3) is 3.97. The van der Waals surface area contributed by atoms with Gasteiger partial charge in [0.2, 0.25) is 0 Å². The lowest BCUT2D eigenvalue weighted by atomic mass is 9.95. The largest absolute Gasteiger partial charge is 0.484 e. The lowest BCUT2D eigenvalue weighted by Gasteiger charge is -2.18. The third-order valence-corrected chi connectivity index (χ3v) is 6.76. The highest BCUT2D eigenvalue weighted by Crippen LogP contribution is 2.48. The van der Waals surface area contributed by atoms with Crippen LogP contribution >= 0.6 is 27.7 Å². The standard InChI is InChI=1S/C24H19BrF2N2O2S/c1-32-16-6-4-5-15(11-16)30-20-12-18(17-7-2-3-8-19(17)31-24(26)27)23-22(20)28-21-10-9-14(25)13-29(21)23/h2-11,13,18,20,24H,12H2,1H3/t18-,20-/m1/s1.